The Balaban J connectivity index is 1.98. The number of likely N-dealkylation sites (N-methyl/N-ethyl adjacent to an activating group) is 1. The monoisotopic (exact) mass is 238 g/mol. The van der Waals surface area contributed by atoms with E-state index in [4.69, 9.17) is 10.5 Å². The quantitative estimate of drug-likeness (QED) is 0.768. The summed E-state index contributed by atoms with van der Waals surface area (Å²) in [4.78, 5) is 20.9. The third-order valence-electron chi connectivity index (χ3n) is 3.10. The van der Waals surface area contributed by atoms with Crippen molar-refractivity contribution in [3.63, 3.8) is 0 Å². The molecule has 17 heavy (non-hydrogen) atoms. The Morgan fingerprint density at radius 1 is 1.65 bits per heavy atom. The van der Waals surface area contributed by atoms with Crippen LogP contribution in [0.2, 0.25) is 0 Å². The van der Waals surface area contributed by atoms with Gasteiger partial charge in [0.2, 0.25) is 5.91 Å². The third kappa shape index (κ3) is 2.65. The van der Waals surface area contributed by atoms with Crippen molar-refractivity contribution in [3.05, 3.63) is 18.2 Å². The third-order valence-corrected chi connectivity index (χ3v) is 3.10. The number of hydrogen-bond acceptors (Lipinski definition) is 4. The van der Waals surface area contributed by atoms with Crippen LogP contribution in [0, 0.1) is 0 Å². The van der Waals surface area contributed by atoms with Crippen LogP contribution in [0.4, 0.5) is 0 Å². The molecule has 2 heterocycles. The first kappa shape index (κ1) is 12.1. The van der Waals surface area contributed by atoms with Crippen molar-refractivity contribution in [2.75, 3.05) is 20.3 Å². The van der Waals surface area contributed by atoms with E-state index in [2.05, 4.69) is 9.97 Å². The summed E-state index contributed by atoms with van der Waals surface area (Å²) in [6.45, 7) is 1.55. The molecule has 1 amide bonds. The molecule has 1 aliphatic rings. The highest BCUT2D eigenvalue weighted by atomic mass is 16.5. The summed E-state index contributed by atoms with van der Waals surface area (Å²) in [5, 5.41) is 0. The highest BCUT2D eigenvalue weighted by Gasteiger charge is 2.37. The first-order valence-corrected chi connectivity index (χ1v) is 5.72. The SMILES string of the molecule is CN(Cc1ncc[nH]1)C(=O)C1(N)CCOCC1. The number of imidazole rings is 1. The highest BCUT2D eigenvalue weighted by molar-refractivity contribution is 5.86. The van der Waals surface area contributed by atoms with Crippen LogP contribution in [0.15, 0.2) is 12.4 Å². The average molecular weight is 238 g/mol. The van der Waals surface area contributed by atoms with Gasteiger partial charge in [0, 0.05) is 32.7 Å². The van der Waals surface area contributed by atoms with E-state index >= 15 is 0 Å². The second-order valence-electron chi connectivity index (χ2n) is 4.47. The standard InChI is InChI=1S/C11H18N4O2/c1-15(8-9-13-4-5-14-9)10(16)11(12)2-6-17-7-3-11/h4-5H,2-3,6-8,12H2,1H3,(H,13,14). The Morgan fingerprint density at radius 3 is 2.94 bits per heavy atom. The van der Waals surface area contributed by atoms with Gasteiger partial charge in [0.15, 0.2) is 0 Å². The number of amides is 1. The van der Waals surface area contributed by atoms with Crippen LogP contribution in [0.5, 0.6) is 0 Å². The second-order valence-corrected chi connectivity index (χ2v) is 4.47. The molecule has 0 radical (unpaired) electrons. The summed E-state index contributed by atoms with van der Waals surface area (Å²) in [6.07, 6.45) is 4.56. The van der Waals surface area contributed by atoms with Crippen LogP contribution in [0.25, 0.3) is 0 Å². The van der Waals surface area contributed by atoms with Crippen molar-refractivity contribution in [2.45, 2.75) is 24.9 Å². The van der Waals surface area contributed by atoms with Crippen molar-refractivity contribution in [1.82, 2.24) is 14.9 Å². The molecule has 6 nitrogen and oxygen atoms in total. The number of aromatic amines is 1. The smallest absolute Gasteiger partial charge is 0.242 e. The lowest BCUT2D eigenvalue weighted by Crippen LogP contribution is -2.57. The number of ether oxygens (including phenoxy) is 1. The van der Waals surface area contributed by atoms with E-state index in [1.165, 1.54) is 0 Å². The molecule has 1 saturated heterocycles. The summed E-state index contributed by atoms with van der Waals surface area (Å²) < 4.78 is 5.23. The lowest BCUT2D eigenvalue weighted by atomic mass is 9.90. The van der Waals surface area contributed by atoms with Gasteiger partial charge < -0.3 is 20.4 Å². The lowest BCUT2D eigenvalue weighted by Gasteiger charge is -2.35. The van der Waals surface area contributed by atoms with Gasteiger partial charge in [-0.15, -0.1) is 0 Å². The summed E-state index contributed by atoms with van der Waals surface area (Å²) >= 11 is 0. The number of carbonyl (C=O) groups excluding carboxylic acids is 1. The number of rotatable bonds is 3. The molecule has 0 bridgehead atoms. The molecule has 1 aromatic heterocycles. The maximum atomic E-state index is 12.2. The number of nitrogens with two attached hydrogens (primary N) is 1. The highest BCUT2D eigenvalue weighted by Crippen LogP contribution is 2.20. The van der Waals surface area contributed by atoms with Gasteiger partial charge in [-0.1, -0.05) is 0 Å². The van der Waals surface area contributed by atoms with E-state index in [-0.39, 0.29) is 5.91 Å². The van der Waals surface area contributed by atoms with E-state index in [1.54, 1.807) is 24.3 Å². The zero-order valence-electron chi connectivity index (χ0n) is 9.98. The van der Waals surface area contributed by atoms with Gasteiger partial charge in [-0.2, -0.15) is 0 Å². The van der Waals surface area contributed by atoms with Crippen LogP contribution in [0.3, 0.4) is 0 Å². The van der Waals surface area contributed by atoms with Crippen LogP contribution in [-0.2, 0) is 16.1 Å². The minimum atomic E-state index is -0.778. The molecule has 0 saturated carbocycles. The van der Waals surface area contributed by atoms with E-state index in [0.717, 1.165) is 5.82 Å². The Bertz CT molecular complexity index is 371. The molecular weight excluding hydrogens is 220 g/mol. The number of carbonyl (C=O) groups is 1. The molecular formula is C11H18N4O2. The fraction of sp³-hybridized carbons (Fsp3) is 0.636. The van der Waals surface area contributed by atoms with Crippen LogP contribution in [-0.4, -0.2) is 46.6 Å². The summed E-state index contributed by atoms with van der Waals surface area (Å²) in [5.41, 5.74) is 5.35. The summed E-state index contributed by atoms with van der Waals surface area (Å²) in [5.74, 6) is 0.716. The van der Waals surface area contributed by atoms with Gasteiger partial charge >= 0.3 is 0 Å². The molecule has 2 rings (SSSR count). The van der Waals surface area contributed by atoms with Gasteiger partial charge in [-0.3, -0.25) is 4.79 Å². The number of nitrogens with zero attached hydrogens (tertiary/aromatic N) is 2. The molecule has 1 fully saturated rings. The van der Waals surface area contributed by atoms with Crippen LogP contribution >= 0.6 is 0 Å². The van der Waals surface area contributed by atoms with E-state index < -0.39 is 5.54 Å². The van der Waals surface area contributed by atoms with Crippen LogP contribution in [0.1, 0.15) is 18.7 Å². The molecule has 1 aliphatic heterocycles. The molecule has 0 aliphatic carbocycles. The fourth-order valence-corrected chi connectivity index (χ4v) is 2.01. The van der Waals surface area contributed by atoms with Crippen molar-refractivity contribution < 1.29 is 9.53 Å². The minimum Gasteiger partial charge on any atom is -0.381 e. The molecule has 6 heteroatoms. The predicted octanol–water partition coefficient (Wildman–Crippen LogP) is -0.124. The van der Waals surface area contributed by atoms with E-state index in [9.17, 15) is 4.79 Å². The molecule has 0 spiro atoms. The number of H-pyrrole nitrogens is 1. The van der Waals surface area contributed by atoms with Gasteiger partial charge in [0.1, 0.15) is 5.82 Å². The molecule has 94 valence electrons. The molecule has 0 aromatic carbocycles. The largest absolute Gasteiger partial charge is 0.381 e. The maximum Gasteiger partial charge on any atom is 0.242 e. The average Bonchev–Trinajstić information content (AvgIpc) is 2.81. The van der Waals surface area contributed by atoms with Crippen molar-refractivity contribution in [2.24, 2.45) is 5.73 Å². The molecule has 0 atom stereocenters. The lowest BCUT2D eigenvalue weighted by molar-refractivity contribution is -0.139. The van der Waals surface area contributed by atoms with Crippen molar-refractivity contribution in [3.8, 4) is 0 Å². The zero-order valence-corrected chi connectivity index (χ0v) is 9.98. The molecule has 1 aromatic rings. The first-order valence-electron chi connectivity index (χ1n) is 5.72. The Hall–Kier alpha value is -1.40. The summed E-state index contributed by atoms with van der Waals surface area (Å²) in [7, 11) is 1.74. The van der Waals surface area contributed by atoms with Crippen LogP contribution < -0.4 is 5.73 Å². The number of hydrogen-bond donors (Lipinski definition) is 2. The van der Waals surface area contributed by atoms with E-state index in [1.807, 2.05) is 0 Å². The van der Waals surface area contributed by atoms with Crippen molar-refractivity contribution in [1.29, 1.82) is 0 Å². The van der Waals surface area contributed by atoms with Gasteiger partial charge in [0.25, 0.3) is 0 Å². The zero-order chi connectivity index (χ0) is 12.3. The number of aromatic nitrogens is 2. The topological polar surface area (TPSA) is 84.2 Å². The van der Waals surface area contributed by atoms with Crippen molar-refractivity contribution >= 4 is 5.91 Å². The predicted molar refractivity (Wildman–Crippen MR) is 62.0 cm³/mol. The maximum absolute atomic E-state index is 12.2. The molecule has 0 unspecified atom stereocenters. The first-order chi connectivity index (χ1) is 8.12. The number of nitrogens with one attached hydrogen (secondary N) is 1. The Kier molecular flexibility index (Phi) is 3.44. The van der Waals surface area contributed by atoms with Gasteiger partial charge in [0.05, 0.1) is 12.1 Å². The Labute approximate surface area is 100 Å². The Morgan fingerprint density at radius 2 is 2.35 bits per heavy atom. The normalized spacial score (nSPS) is 18.9. The fourth-order valence-electron chi connectivity index (χ4n) is 2.01. The van der Waals surface area contributed by atoms with Gasteiger partial charge in [-0.05, 0) is 12.8 Å². The molecule has 3 N–H and O–H groups in total. The van der Waals surface area contributed by atoms with E-state index in [0.29, 0.717) is 32.6 Å². The summed E-state index contributed by atoms with van der Waals surface area (Å²) in [6, 6.07) is 0. The minimum absolute atomic E-state index is 0.0443. The second kappa shape index (κ2) is 4.85. The van der Waals surface area contributed by atoms with Gasteiger partial charge in [-0.25, -0.2) is 4.98 Å².